The monoisotopic (exact) mass is 309 g/mol. The highest BCUT2D eigenvalue weighted by molar-refractivity contribution is 7.90. The number of rotatable bonds is 5. The maximum absolute atomic E-state index is 11.4. The van der Waals surface area contributed by atoms with Gasteiger partial charge in [0.15, 0.2) is 0 Å². The van der Waals surface area contributed by atoms with Crippen LogP contribution in [0.2, 0.25) is 0 Å². The number of benzene rings is 1. The second-order valence-corrected chi connectivity index (χ2v) is 6.71. The zero-order chi connectivity index (χ0) is 14.8. The van der Waals surface area contributed by atoms with Crippen LogP contribution in [0.3, 0.4) is 0 Å². The Kier molecular flexibility index (Phi) is 4.53. The summed E-state index contributed by atoms with van der Waals surface area (Å²) in [5.41, 5.74) is 0.0850. The Morgan fingerprint density at radius 2 is 1.58 bits per heavy atom. The lowest BCUT2D eigenvalue weighted by Gasteiger charge is -2.12. The van der Waals surface area contributed by atoms with Crippen molar-refractivity contribution in [1.29, 1.82) is 0 Å². The topological polar surface area (TPSA) is 149 Å². The number of primary sulfonamides is 2. The fraction of sp³-hybridized carbons (Fsp3) is 0.333. The number of sulfonamides is 2. The second-order valence-electron chi connectivity index (χ2n) is 3.65. The molecule has 0 bridgehead atoms. The fourth-order valence-electron chi connectivity index (χ4n) is 1.54. The van der Waals surface area contributed by atoms with E-state index < -0.39 is 36.4 Å². The van der Waals surface area contributed by atoms with Crippen molar-refractivity contribution in [1.82, 2.24) is 0 Å². The molecule has 19 heavy (non-hydrogen) atoms. The number of ether oxygens (including phenoxy) is 1. The summed E-state index contributed by atoms with van der Waals surface area (Å²) in [6.45, 7) is -0.583. The molecule has 0 aromatic heterocycles. The van der Waals surface area contributed by atoms with Crippen LogP contribution in [0, 0.1) is 0 Å². The SMILES string of the molecule is COc1cc(CC[O])c(S(N)(=O)=O)cc1S(N)(=O)=O. The average Bonchev–Trinajstić information content (AvgIpc) is 2.25. The molecule has 0 saturated heterocycles. The number of hydrogen-bond donors (Lipinski definition) is 2. The molecule has 0 heterocycles. The number of nitrogens with two attached hydrogens (primary N) is 2. The van der Waals surface area contributed by atoms with Crippen LogP contribution in [0.15, 0.2) is 21.9 Å². The maximum Gasteiger partial charge on any atom is 0.241 e. The van der Waals surface area contributed by atoms with E-state index in [9.17, 15) is 21.9 Å². The molecule has 0 spiro atoms. The van der Waals surface area contributed by atoms with Gasteiger partial charge in [-0.25, -0.2) is 32.2 Å². The molecule has 8 nitrogen and oxygen atoms in total. The van der Waals surface area contributed by atoms with E-state index in [0.29, 0.717) is 0 Å². The van der Waals surface area contributed by atoms with Crippen molar-refractivity contribution in [3.63, 3.8) is 0 Å². The van der Waals surface area contributed by atoms with Crippen molar-refractivity contribution in [2.45, 2.75) is 16.2 Å². The predicted octanol–water partition coefficient (Wildman–Crippen LogP) is -1.04. The van der Waals surface area contributed by atoms with Crippen molar-refractivity contribution in [2.75, 3.05) is 13.7 Å². The van der Waals surface area contributed by atoms with Crippen molar-refractivity contribution >= 4 is 20.0 Å². The van der Waals surface area contributed by atoms with E-state index in [0.717, 1.165) is 12.1 Å². The molecule has 1 radical (unpaired) electrons. The fourth-order valence-corrected chi connectivity index (χ4v) is 3.12. The van der Waals surface area contributed by atoms with Gasteiger partial charge < -0.3 is 4.74 Å². The molecule has 0 aliphatic carbocycles. The molecule has 1 aromatic carbocycles. The first kappa shape index (κ1) is 15.9. The van der Waals surface area contributed by atoms with Crippen LogP contribution in [0.1, 0.15) is 5.56 Å². The number of hydrogen-bond acceptors (Lipinski definition) is 5. The van der Waals surface area contributed by atoms with Gasteiger partial charge in [0.2, 0.25) is 20.0 Å². The summed E-state index contributed by atoms with van der Waals surface area (Å²) < 4.78 is 50.4. The van der Waals surface area contributed by atoms with Gasteiger partial charge in [0.1, 0.15) is 10.6 Å². The summed E-state index contributed by atoms with van der Waals surface area (Å²) in [6.07, 6.45) is -0.132. The van der Waals surface area contributed by atoms with Crippen LogP contribution in [0.25, 0.3) is 0 Å². The van der Waals surface area contributed by atoms with Crippen LogP contribution in [-0.2, 0) is 31.6 Å². The Labute approximate surface area is 111 Å². The Hall–Kier alpha value is -1.20. The Morgan fingerprint density at radius 1 is 1.05 bits per heavy atom. The lowest BCUT2D eigenvalue weighted by atomic mass is 10.1. The molecule has 0 unspecified atom stereocenters. The molecule has 1 aromatic rings. The standard InChI is InChI=1S/C9H13N2O6S2/c1-17-7-4-6(2-3-12)8(18(10,13)14)5-9(7)19(11,15)16/h4-5H,2-3H2,1H3,(H2,10,13,14)(H2,11,15,16). The molecule has 0 aliphatic heterocycles. The van der Waals surface area contributed by atoms with Gasteiger partial charge in [0.25, 0.3) is 0 Å². The quantitative estimate of drug-likeness (QED) is 0.712. The summed E-state index contributed by atoms with van der Waals surface area (Å²) in [7, 11) is -7.17. The lowest BCUT2D eigenvalue weighted by Crippen LogP contribution is -2.19. The van der Waals surface area contributed by atoms with E-state index in [4.69, 9.17) is 15.0 Å². The minimum Gasteiger partial charge on any atom is -0.495 e. The van der Waals surface area contributed by atoms with Gasteiger partial charge in [-0.15, -0.1) is 0 Å². The second kappa shape index (κ2) is 5.43. The third-order valence-corrected chi connectivity index (χ3v) is 4.26. The summed E-state index contributed by atoms with van der Waals surface area (Å²) in [5, 5.41) is 20.6. The van der Waals surface area contributed by atoms with Gasteiger partial charge in [-0.2, -0.15) is 0 Å². The first-order valence-electron chi connectivity index (χ1n) is 4.96. The van der Waals surface area contributed by atoms with Crippen LogP contribution < -0.4 is 15.0 Å². The predicted molar refractivity (Wildman–Crippen MR) is 65.0 cm³/mol. The van der Waals surface area contributed by atoms with Crippen molar-refractivity contribution in [3.05, 3.63) is 17.7 Å². The molecule has 0 atom stereocenters. The molecule has 0 saturated carbocycles. The van der Waals surface area contributed by atoms with Crippen LogP contribution in [0.4, 0.5) is 0 Å². The third-order valence-electron chi connectivity index (χ3n) is 2.33. The maximum atomic E-state index is 11.4. The largest absolute Gasteiger partial charge is 0.495 e. The first-order chi connectivity index (χ1) is 8.61. The Balaban J connectivity index is 3.72. The highest BCUT2D eigenvalue weighted by Crippen LogP contribution is 2.29. The van der Waals surface area contributed by atoms with E-state index in [1.165, 1.54) is 7.11 Å². The summed E-state index contributed by atoms with van der Waals surface area (Å²) in [5.74, 6) is -0.140. The molecule has 10 heteroatoms. The van der Waals surface area contributed by atoms with Gasteiger partial charge >= 0.3 is 0 Å². The van der Waals surface area contributed by atoms with Crippen LogP contribution in [-0.4, -0.2) is 30.6 Å². The molecule has 107 valence electrons. The van der Waals surface area contributed by atoms with Crippen molar-refractivity contribution in [3.8, 4) is 5.75 Å². The zero-order valence-corrected chi connectivity index (χ0v) is 11.6. The van der Waals surface area contributed by atoms with Gasteiger partial charge in [-0.3, -0.25) is 0 Å². The lowest BCUT2D eigenvalue weighted by molar-refractivity contribution is 0.196. The van der Waals surface area contributed by atoms with Gasteiger partial charge in [-0.1, -0.05) is 0 Å². The van der Waals surface area contributed by atoms with Gasteiger partial charge in [0.05, 0.1) is 18.6 Å². The van der Waals surface area contributed by atoms with E-state index in [1.54, 1.807) is 0 Å². The average molecular weight is 309 g/mol. The summed E-state index contributed by atoms with van der Waals surface area (Å²) in [6, 6.07) is 1.94. The van der Waals surface area contributed by atoms with Gasteiger partial charge in [-0.05, 0) is 17.7 Å². The molecular weight excluding hydrogens is 296 g/mol. The molecular formula is C9H13N2O6S2. The van der Waals surface area contributed by atoms with E-state index in [2.05, 4.69) is 0 Å². The molecule has 0 aliphatic rings. The molecule has 1 rings (SSSR count). The van der Waals surface area contributed by atoms with Crippen LogP contribution >= 0.6 is 0 Å². The molecule has 0 fully saturated rings. The van der Waals surface area contributed by atoms with E-state index >= 15 is 0 Å². The highest BCUT2D eigenvalue weighted by Gasteiger charge is 2.23. The van der Waals surface area contributed by atoms with Crippen molar-refractivity contribution in [2.24, 2.45) is 10.3 Å². The minimum atomic E-state index is -4.18. The van der Waals surface area contributed by atoms with Crippen molar-refractivity contribution < 1.29 is 26.7 Å². The smallest absolute Gasteiger partial charge is 0.241 e. The Bertz CT molecular complexity index is 681. The zero-order valence-electron chi connectivity index (χ0n) is 9.99. The van der Waals surface area contributed by atoms with Gasteiger partial charge in [0, 0.05) is 6.42 Å². The molecule has 0 amide bonds. The Morgan fingerprint density at radius 3 is 1.95 bits per heavy atom. The number of methoxy groups -OCH3 is 1. The van der Waals surface area contributed by atoms with E-state index in [-0.39, 0.29) is 17.7 Å². The minimum absolute atomic E-state index is 0.0850. The highest BCUT2D eigenvalue weighted by atomic mass is 32.2. The van der Waals surface area contributed by atoms with E-state index in [1.807, 2.05) is 0 Å². The summed E-state index contributed by atoms with van der Waals surface area (Å²) in [4.78, 5) is -0.957. The third kappa shape index (κ3) is 3.64. The summed E-state index contributed by atoms with van der Waals surface area (Å²) >= 11 is 0. The first-order valence-corrected chi connectivity index (χ1v) is 8.05. The normalized spacial score (nSPS) is 12.4. The molecule has 4 N–H and O–H groups in total. The van der Waals surface area contributed by atoms with Crippen LogP contribution in [0.5, 0.6) is 5.75 Å².